The smallest absolute Gasteiger partial charge is 0.276 e. The summed E-state index contributed by atoms with van der Waals surface area (Å²) < 4.78 is 13.3. The van der Waals surface area contributed by atoms with Crippen molar-refractivity contribution in [3.05, 3.63) is 11.1 Å². The molecule has 4 N–H and O–H groups in total. The number of carbonyl (C=O) groups is 2. The lowest BCUT2D eigenvalue weighted by Crippen LogP contribution is -2.72. The zero-order valence-corrected chi connectivity index (χ0v) is 13.5. The highest BCUT2D eigenvalue weighted by Crippen LogP contribution is 2.25. The number of nitrogens with one attached hydrogen (secondary N) is 2. The first-order valence-corrected chi connectivity index (χ1v) is 7.70. The second kappa shape index (κ2) is 6.76. The fraction of sp³-hybridized carbons (Fsp3) is 0.364. The molecule has 0 aliphatic carbocycles. The van der Waals surface area contributed by atoms with Crippen molar-refractivity contribution in [3.63, 3.8) is 0 Å². The van der Waals surface area contributed by atoms with Crippen LogP contribution in [0.5, 0.6) is 0 Å². The van der Waals surface area contributed by atoms with E-state index in [1.807, 2.05) is 0 Å². The van der Waals surface area contributed by atoms with Crippen molar-refractivity contribution in [1.82, 2.24) is 30.9 Å². The summed E-state index contributed by atoms with van der Waals surface area (Å²) in [7, 11) is 1.25. The lowest BCUT2D eigenvalue weighted by molar-refractivity contribution is -0.131. The number of carbonyl (C=O) groups excluding carboxylic acids is 2. The molecule has 132 valence electrons. The number of halogens is 1. The number of hydrogen-bond donors (Lipinski definition) is 3. The van der Waals surface area contributed by atoms with Gasteiger partial charge in [0, 0.05) is 5.38 Å². The number of nitrogens with zero attached hydrogens (tertiary/aromatic N) is 6. The molecule has 2 amide bonds. The highest BCUT2D eigenvalue weighted by Gasteiger charge is 2.51. The lowest BCUT2D eigenvalue weighted by Gasteiger charge is -2.43. The van der Waals surface area contributed by atoms with Gasteiger partial charge >= 0.3 is 0 Å². The summed E-state index contributed by atoms with van der Waals surface area (Å²) in [4.78, 5) is 34.2. The Kier molecular flexibility index (Phi) is 4.51. The average molecular weight is 369 g/mol. The number of hydrogen-bond acceptors (Lipinski definition) is 10. The third-order valence-corrected chi connectivity index (χ3v) is 4.05. The van der Waals surface area contributed by atoms with Gasteiger partial charge in [-0.25, -0.2) is 9.37 Å². The fourth-order valence-electron chi connectivity index (χ4n) is 2.27. The number of nitrogen functional groups attached to an aromatic ring is 1. The molecule has 12 nitrogen and oxygen atoms in total. The number of nitrogens with two attached hydrogens (primary N) is 1. The van der Waals surface area contributed by atoms with E-state index in [1.54, 1.807) is 0 Å². The van der Waals surface area contributed by atoms with Gasteiger partial charge in [-0.1, -0.05) is 10.3 Å². The fourth-order valence-corrected chi connectivity index (χ4v) is 2.82. The Morgan fingerprint density at radius 1 is 1.64 bits per heavy atom. The van der Waals surface area contributed by atoms with Gasteiger partial charge in [-0.3, -0.25) is 14.5 Å². The van der Waals surface area contributed by atoms with Crippen LogP contribution in [0.4, 0.5) is 15.5 Å². The maximum atomic E-state index is 13.3. The molecule has 1 fully saturated rings. The van der Waals surface area contributed by atoms with Gasteiger partial charge in [0.25, 0.3) is 17.8 Å². The second-order valence-corrected chi connectivity index (χ2v) is 5.68. The summed E-state index contributed by atoms with van der Waals surface area (Å²) >= 11 is 1.11. The lowest BCUT2D eigenvalue weighted by atomic mass is 9.96. The first kappa shape index (κ1) is 16.7. The highest BCUT2D eigenvalue weighted by atomic mass is 32.1. The molecule has 1 aliphatic rings. The summed E-state index contributed by atoms with van der Waals surface area (Å²) in [5, 5.41) is 20.5. The average Bonchev–Trinajstić information content (AvgIpc) is 3.26. The van der Waals surface area contributed by atoms with Crippen LogP contribution < -0.4 is 16.0 Å². The number of tetrazole rings is 1. The number of rotatable bonds is 6. The summed E-state index contributed by atoms with van der Waals surface area (Å²) in [5.74, 6) is -1.40. The van der Waals surface area contributed by atoms with Gasteiger partial charge < -0.3 is 15.9 Å². The van der Waals surface area contributed by atoms with Crippen molar-refractivity contribution in [1.29, 1.82) is 0 Å². The van der Waals surface area contributed by atoms with Gasteiger partial charge in [0.1, 0.15) is 25.5 Å². The predicted octanol–water partition coefficient (Wildman–Crippen LogP) is -1.54. The number of amides is 2. The molecule has 3 heterocycles. The van der Waals surface area contributed by atoms with Gasteiger partial charge in [0.15, 0.2) is 10.8 Å². The van der Waals surface area contributed by atoms with Gasteiger partial charge in [-0.05, 0) is 5.21 Å². The van der Waals surface area contributed by atoms with Crippen molar-refractivity contribution < 1.29 is 18.8 Å². The Bertz CT molecular complexity index is 808. The SMILES string of the molecule is CON=C(C(=O)NC1C(=O)N(c2nn[nH]n2)C1CF)c1csc(N)n1. The Morgan fingerprint density at radius 2 is 2.44 bits per heavy atom. The van der Waals surface area contributed by atoms with E-state index in [9.17, 15) is 14.0 Å². The van der Waals surface area contributed by atoms with Crippen molar-refractivity contribution in [3.8, 4) is 0 Å². The van der Waals surface area contributed by atoms with Crippen LogP contribution in [0.2, 0.25) is 0 Å². The van der Waals surface area contributed by atoms with Crippen LogP contribution >= 0.6 is 11.3 Å². The minimum Gasteiger partial charge on any atom is -0.398 e. The minimum atomic E-state index is -1.10. The molecule has 2 atom stereocenters. The van der Waals surface area contributed by atoms with Crippen molar-refractivity contribution in [2.75, 3.05) is 24.4 Å². The maximum Gasteiger partial charge on any atom is 0.276 e. The van der Waals surface area contributed by atoms with Crippen molar-refractivity contribution >= 4 is 39.9 Å². The molecule has 3 rings (SSSR count). The van der Waals surface area contributed by atoms with Crippen LogP contribution in [0.15, 0.2) is 10.5 Å². The topological polar surface area (TPSA) is 164 Å². The Balaban J connectivity index is 1.76. The minimum absolute atomic E-state index is 0.0730. The molecule has 1 aliphatic heterocycles. The van der Waals surface area contributed by atoms with E-state index in [1.165, 1.54) is 12.5 Å². The summed E-state index contributed by atoms with van der Waals surface area (Å²) in [6.07, 6.45) is 0. The molecule has 0 bridgehead atoms. The van der Waals surface area contributed by atoms with Crippen LogP contribution in [0.25, 0.3) is 0 Å². The second-order valence-electron chi connectivity index (χ2n) is 4.79. The van der Waals surface area contributed by atoms with E-state index < -0.39 is 30.6 Å². The van der Waals surface area contributed by atoms with Gasteiger partial charge in [0.2, 0.25) is 0 Å². The van der Waals surface area contributed by atoms with Crippen LogP contribution in [0.1, 0.15) is 5.69 Å². The molecular formula is C11H12FN9O3S. The largest absolute Gasteiger partial charge is 0.398 e. The normalized spacial score (nSPS) is 20.3. The van der Waals surface area contributed by atoms with E-state index >= 15 is 0 Å². The molecule has 0 radical (unpaired) electrons. The molecule has 0 spiro atoms. The summed E-state index contributed by atoms with van der Waals surface area (Å²) in [6, 6.07) is -2.06. The maximum absolute atomic E-state index is 13.3. The van der Waals surface area contributed by atoms with E-state index in [0.717, 1.165) is 16.2 Å². The molecule has 1 saturated heterocycles. The van der Waals surface area contributed by atoms with Crippen LogP contribution in [0.3, 0.4) is 0 Å². The molecule has 2 unspecified atom stereocenters. The number of aromatic amines is 1. The predicted molar refractivity (Wildman–Crippen MR) is 83.4 cm³/mol. The first-order valence-electron chi connectivity index (χ1n) is 6.82. The van der Waals surface area contributed by atoms with Crippen molar-refractivity contribution in [2.45, 2.75) is 12.1 Å². The van der Waals surface area contributed by atoms with Gasteiger partial charge in [-0.2, -0.15) is 5.21 Å². The monoisotopic (exact) mass is 369 g/mol. The zero-order valence-electron chi connectivity index (χ0n) is 12.7. The van der Waals surface area contributed by atoms with Crippen molar-refractivity contribution in [2.24, 2.45) is 5.16 Å². The summed E-state index contributed by atoms with van der Waals surface area (Å²) in [5.41, 5.74) is 5.54. The molecule has 2 aromatic heterocycles. The molecular weight excluding hydrogens is 357 g/mol. The number of aromatic nitrogens is 5. The van der Waals surface area contributed by atoms with Gasteiger partial charge in [0.05, 0.1) is 6.04 Å². The molecule has 0 saturated carbocycles. The molecule has 2 aromatic rings. The molecule has 0 aromatic carbocycles. The number of H-pyrrole nitrogens is 1. The van der Waals surface area contributed by atoms with Crippen LogP contribution in [-0.2, 0) is 14.4 Å². The molecule has 14 heteroatoms. The number of alkyl halides is 1. The number of thiazole rings is 1. The number of β-lactam (4-membered cyclic amide) rings is 1. The third-order valence-electron chi connectivity index (χ3n) is 3.38. The highest BCUT2D eigenvalue weighted by molar-refractivity contribution is 7.13. The van der Waals surface area contributed by atoms with E-state index in [2.05, 4.69) is 40.9 Å². The Labute approximate surface area is 143 Å². The summed E-state index contributed by atoms with van der Waals surface area (Å²) in [6.45, 7) is -0.911. The zero-order chi connectivity index (χ0) is 18.0. The van der Waals surface area contributed by atoms with Gasteiger partial charge in [-0.15, -0.1) is 16.4 Å². The van der Waals surface area contributed by atoms with Crippen LogP contribution in [0, 0.1) is 0 Å². The third kappa shape index (κ3) is 2.98. The Hall–Kier alpha value is -3.16. The standard InChI is InChI=1S/C11H12FN9O3S/c1-24-18-6(4-3-25-10(13)14-4)8(22)15-7-5(2-12)21(9(7)23)11-16-19-20-17-11/h3,5,7H,2H2,1H3,(H2,13,14)(H,15,22)(H,16,17,19,20). The number of oxime groups is 1. The number of anilines is 2. The van der Waals surface area contributed by atoms with E-state index in [4.69, 9.17) is 5.73 Å². The Morgan fingerprint density at radius 3 is 3.00 bits per heavy atom. The van der Waals surface area contributed by atoms with E-state index in [-0.39, 0.29) is 22.5 Å². The van der Waals surface area contributed by atoms with Crippen LogP contribution in [-0.4, -0.2) is 69.0 Å². The van der Waals surface area contributed by atoms with E-state index in [0.29, 0.717) is 0 Å². The molecule has 25 heavy (non-hydrogen) atoms. The first-order chi connectivity index (χ1) is 12.1. The quantitative estimate of drug-likeness (QED) is 0.313.